The molecule has 120 valence electrons. The van der Waals surface area contributed by atoms with Crippen LogP contribution in [0.3, 0.4) is 0 Å². The lowest BCUT2D eigenvalue weighted by atomic mass is 10.1. The highest BCUT2D eigenvalue weighted by Crippen LogP contribution is 2.24. The Bertz CT molecular complexity index is 724. The number of carbonyl (C=O) groups excluding carboxylic acids is 2. The summed E-state index contributed by atoms with van der Waals surface area (Å²) >= 11 is 3.43. The molecule has 0 aromatic heterocycles. The summed E-state index contributed by atoms with van der Waals surface area (Å²) in [6.45, 7) is 5.79. The van der Waals surface area contributed by atoms with Crippen LogP contribution in [0.15, 0.2) is 46.9 Å². The molecule has 0 radical (unpaired) electrons. The van der Waals surface area contributed by atoms with Gasteiger partial charge in [-0.05, 0) is 78.7 Å². The molecule has 0 spiro atoms. The first-order valence-electron chi connectivity index (χ1n) is 7.35. The fourth-order valence-corrected chi connectivity index (χ4v) is 2.63. The van der Waals surface area contributed by atoms with E-state index >= 15 is 0 Å². The first kappa shape index (κ1) is 17.2. The van der Waals surface area contributed by atoms with Crippen molar-refractivity contribution >= 4 is 33.4 Å². The molecular formula is C18H19BrN2O2. The zero-order valence-electron chi connectivity index (χ0n) is 13.3. The smallest absolute Gasteiger partial charge is 0.255 e. The maximum absolute atomic E-state index is 12.3. The molecule has 23 heavy (non-hydrogen) atoms. The number of hydrogen-bond donors (Lipinski definition) is 2. The van der Waals surface area contributed by atoms with Crippen LogP contribution in [-0.2, 0) is 0 Å². The van der Waals surface area contributed by atoms with Crippen LogP contribution in [0.1, 0.15) is 40.1 Å². The second-order valence-corrected chi connectivity index (χ2v) is 6.50. The van der Waals surface area contributed by atoms with Gasteiger partial charge in [0, 0.05) is 21.6 Å². The van der Waals surface area contributed by atoms with E-state index in [-0.39, 0.29) is 17.9 Å². The quantitative estimate of drug-likeness (QED) is 0.844. The molecule has 0 unspecified atom stereocenters. The predicted octanol–water partition coefficient (Wildman–Crippen LogP) is 4.15. The van der Waals surface area contributed by atoms with Crippen LogP contribution in [0.5, 0.6) is 0 Å². The van der Waals surface area contributed by atoms with Gasteiger partial charge >= 0.3 is 0 Å². The second kappa shape index (κ2) is 7.42. The van der Waals surface area contributed by atoms with Crippen molar-refractivity contribution in [2.75, 3.05) is 5.32 Å². The maximum Gasteiger partial charge on any atom is 0.255 e. The molecule has 0 saturated heterocycles. The Labute approximate surface area is 144 Å². The van der Waals surface area contributed by atoms with Gasteiger partial charge in [0.05, 0.1) is 5.69 Å². The molecule has 5 heteroatoms. The second-order valence-electron chi connectivity index (χ2n) is 5.64. The van der Waals surface area contributed by atoms with Gasteiger partial charge < -0.3 is 10.6 Å². The molecular weight excluding hydrogens is 356 g/mol. The van der Waals surface area contributed by atoms with Crippen molar-refractivity contribution in [3.05, 3.63) is 63.6 Å². The van der Waals surface area contributed by atoms with E-state index in [9.17, 15) is 9.59 Å². The van der Waals surface area contributed by atoms with Crippen LogP contribution in [0.2, 0.25) is 0 Å². The van der Waals surface area contributed by atoms with Gasteiger partial charge in [-0.15, -0.1) is 0 Å². The van der Waals surface area contributed by atoms with Crippen molar-refractivity contribution < 1.29 is 9.59 Å². The molecule has 0 saturated carbocycles. The summed E-state index contributed by atoms with van der Waals surface area (Å²) in [5, 5.41) is 5.66. The Balaban J connectivity index is 2.09. The van der Waals surface area contributed by atoms with Crippen LogP contribution in [0.25, 0.3) is 0 Å². The first-order valence-corrected chi connectivity index (χ1v) is 8.14. The van der Waals surface area contributed by atoms with E-state index in [2.05, 4.69) is 26.6 Å². The Morgan fingerprint density at radius 2 is 1.52 bits per heavy atom. The highest BCUT2D eigenvalue weighted by molar-refractivity contribution is 9.10. The lowest BCUT2D eigenvalue weighted by Crippen LogP contribution is -2.30. The molecule has 0 aliphatic rings. The van der Waals surface area contributed by atoms with E-state index in [1.165, 1.54) is 0 Å². The topological polar surface area (TPSA) is 58.2 Å². The van der Waals surface area contributed by atoms with E-state index in [1.54, 1.807) is 24.3 Å². The first-order chi connectivity index (χ1) is 10.9. The molecule has 2 rings (SSSR count). The van der Waals surface area contributed by atoms with Gasteiger partial charge in [-0.2, -0.15) is 0 Å². The summed E-state index contributed by atoms with van der Waals surface area (Å²) in [7, 11) is 0. The third kappa shape index (κ3) is 4.66. The summed E-state index contributed by atoms with van der Waals surface area (Å²) in [5.74, 6) is -0.362. The van der Waals surface area contributed by atoms with Crippen molar-refractivity contribution in [3.63, 3.8) is 0 Å². The number of nitrogens with one attached hydrogen (secondary N) is 2. The van der Waals surface area contributed by atoms with Crippen LogP contribution < -0.4 is 10.6 Å². The van der Waals surface area contributed by atoms with Crippen LogP contribution in [0.4, 0.5) is 5.69 Å². The number of carbonyl (C=O) groups is 2. The minimum absolute atomic E-state index is 0.0735. The van der Waals surface area contributed by atoms with E-state index in [1.807, 2.05) is 39.0 Å². The largest absolute Gasteiger partial charge is 0.350 e. The fourth-order valence-electron chi connectivity index (χ4n) is 2.03. The Morgan fingerprint density at radius 1 is 0.957 bits per heavy atom. The zero-order chi connectivity index (χ0) is 17.0. The number of halogens is 1. The third-order valence-electron chi connectivity index (χ3n) is 3.20. The average molecular weight is 375 g/mol. The van der Waals surface area contributed by atoms with E-state index in [0.29, 0.717) is 16.8 Å². The van der Waals surface area contributed by atoms with Gasteiger partial charge in [-0.25, -0.2) is 0 Å². The van der Waals surface area contributed by atoms with E-state index in [0.717, 1.165) is 10.0 Å². The molecule has 0 bridgehead atoms. The predicted molar refractivity (Wildman–Crippen MR) is 95.9 cm³/mol. The third-order valence-corrected chi connectivity index (χ3v) is 3.86. The molecule has 2 aromatic rings. The van der Waals surface area contributed by atoms with Gasteiger partial charge in [0.15, 0.2) is 0 Å². The normalized spacial score (nSPS) is 10.5. The van der Waals surface area contributed by atoms with Gasteiger partial charge in [0.25, 0.3) is 11.8 Å². The fraction of sp³-hybridized carbons (Fsp3) is 0.222. The van der Waals surface area contributed by atoms with Crippen molar-refractivity contribution in [1.29, 1.82) is 0 Å². The van der Waals surface area contributed by atoms with Crippen molar-refractivity contribution in [3.8, 4) is 0 Å². The lowest BCUT2D eigenvalue weighted by molar-refractivity contribution is 0.0941. The summed E-state index contributed by atoms with van der Waals surface area (Å²) in [6.07, 6.45) is 0. The summed E-state index contributed by atoms with van der Waals surface area (Å²) in [6, 6.07) is 12.4. The molecule has 2 amide bonds. The van der Waals surface area contributed by atoms with Crippen molar-refractivity contribution in [2.24, 2.45) is 0 Å². The summed E-state index contributed by atoms with van der Waals surface area (Å²) in [5.41, 5.74) is 2.85. The lowest BCUT2D eigenvalue weighted by Gasteiger charge is -2.10. The average Bonchev–Trinajstić information content (AvgIpc) is 2.49. The Morgan fingerprint density at radius 3 is 2.04 bits per heavy atom. The van der Waals surface area contributed by atoms with E-state index in [4.69, 9.17) is 0 Å². The number of anilines is 1. The minimum Gasteiger partial charge on any atom is -0.350 e. The SMILES string of the molecule is Cc1ccc(NC(=O)c2ccc(C(=O)NC(C)C)cc2)c(Br)c1. The Kier molecular flexibility index (Phi) is 5.55. The van der Waals surface area contributed by atoms with Crippen molar-refractivity contribution in [1.82, 2.24) is 5.32 Å². The summed E-state index contributed by atoms with van der Waals surface area (Å²) < 4.78 is 0.832. The van der Waals surface area contributed by atoms with Gasteiger partial charge in [0.2, 0.25) is 0 Å². The van der Waals surface area contributed by atoms with E-state index < -0.39 is 0 Å². The molecule has 2 aromatic carbocycles. The van der Waals surface area contributed by atoms with Crippen LogP contribution >= 0.6 is 15.9 Å². The molecule has 0 heterocycles. The van der Waals surface area contributed by atoms with Crippen LogP contribution in [-0.4, -0.2) is 17.9 Å². The number of benzene rings is 2. The van der Waals surface area contributed by atoms with Crippen LogP contribution in [0, 0.1) is 6.92 Å². The number of rotatable bonds is 4. The number of amides is 2. The molecule has 4 nitrogen and oxygen atoms in total. The monoisotopic (exact) mass is 374 g/mol. The summed E-state index contributed by atoms with van der Waals surface area (Å²) in [4.78, 5) is 24.2. The zero-order valence-corrected chi connectivity index (χ0v) is 14.9. The molecule has 0 atom stereocenters. The minimum atomic E-state index is -0.217. The molecule has 0 aliphatic carbocycles. The number of hydrogen-bond acceptors (Lipinski definition) is 2. The Hall–Kier alpha value is -2.14. The molecule has 2 N–H and O–H groups in total. The maximum atomic E-state index is 12.3. The highest BCUT2D eigenvalue weighted by Gasteiger charge is 2.11. The number of aryl methyl sites for hydroxylation is 1. The van der Waals surface area contributed by atoms with Gasteiger partial charge in [0.1, 0.15) is 0 Å². The standard InChI is InChI=1S/C18H19BrN2O2/c1-11(2)20-17(22)13-5-7-14(8-6-13)18(23)21-16-9-4-12(3)10-15(16)19/h4-11H,1-3H3,(H,20,22)(H,21,23). The van der Waals surface area contributed by atoms with Gasteiger partial charge in [-0.1, -0.05) is 6.07 Å². The molecule has 0 fully saturated rings. The molecule has 0 aliphatic heterocycles. The van der Waals surface area contributed by atoms with Gasteiger partial charge in [-0.3, -0.25) is 9.59 Å². The van der Waals surface area contributed by atoms with Crippen molar-refractivity contribution in [2.45, 2.75) is 26.8 Å². The highest BCUT2D eigenvalue weighted by atomic mass is 79.9.